The number of halogens is 1. The summed E-state index contributed by atoms with van der Waals surface area (Å²) in [4.78, 5) is 28.7. The minimum Gasteiger partial charge on any atom is -0.378 e. The van der Waals surface area contributed by atoms with Gasteiger partial charge in [-0.05, 0) is 23.3 Å². The molecule has 0 N–H and O–H groups in total. The number of ether oxygens (including phenoxy) is 1. The van der Waals surface area contributed by atoms with Crippen LogP contribution in [0.25, 0.3) is 6.08 Å². The van der Waals surface area contributed by atoms with E-state index in [2.05, 4.69) is 51.2 Å². The van der Waals surface area contributed by atoms with Gasteiger partial charge in [-0.1, -0.05) is 78.0 Å². The molecule has 2 aliphatic heterocycles. The molecular formula is C29H32ClN5O2S. The molecule has 1 aromatic heterocycles. The predicted molar refractivity (Wildman–Crippen MR) is 154 cm³/mol. The summed E-state index contributed by atoms with van der Waals surface area (Å²) >= 11 is 7.92. The number of anilines is 1. The van der Waals surface area contributed by atoms with Crippen molar-refractivity contribution in [3.05, 3.63) is 88.6 Å². The maximum atomic E-state index is 12.8. The van der Waals surface area contributed by atoms with Crippen LogP contribution in [0.5, 0.6) is 0 Å². The van der Waals surface area contributed by atoms with Crippen LogP contribution >= 0.6 is 23.4 Å². The summed E-state index contributed by atoms with van der Waals surface area (Å²) in [6.45, 7) is 7.10. The van der Waals surface area contributed by atoms with Crippen molar-refractivity contribution in [2.24, 2.45) is 0 Å². The maximum absolute atomic E-state index is 12.8. The number of morpholine rings is 1. The summed E-state index contributed by atoms with van der Waals surface area (Å²) < 4.78 is 5.37. The van der Waals surface area contributed by atoms with E-state index >= 15 is 0 Å². The fourth-order valence-electron chi connectivity index (χ4n) is 4.56. The van der Waals surface area contributed by atoms with Crippen molar-refractivity contribution in [3.63, 3.8) is 0 Å². The third kappa shape index (κ3) is 7.35. The van der Waals surface area contributed by atoms with Gasteiger partial charge in [-0.2, -0.15) is 0 Å². The zero-order valence-corrected chi connectivity index (χ0v) is 22.9. The first-order valence-corrected chi connectivity index (χ1v) is 14.3. The monoisotopic (exact) mass is 549 g/mol. The Morgan fingerprint density at radius 2 is 1.74 bits per heavy atom. The second-order valence-electron chi connectivity index (χ2n) is 9.33. The van der Waals surface area contributed by atoms with Gasteiger partial charge in [0.15, 0.2) is 5.16 Å². The Morgan fingerprint density at radius 3 is 2.53 bits per heavy atom. The van der Waals surface area contributed by atoms with Crippen LogP contribution in [-0.2, 0) is 10.5 Å². The molecule has 0 spiro atoms. The molecule has 2 aromatic carbocycles. The fraction of sp³-hybridized carbons (Fsp3) is 0.345. The zero-order valence-electron chi connectivity index (χ0n) is 21.3. The molecule has 2 fully saturated rings. The number of hydrogen-bond acceptors (Lipinski definition) is 7. The summed E-state index contributed by atoms with van der Waals surface area (Å²) in [7, 11) is 0. The largest absolute Gasteiger partial charge is 0.378 e. The molecular weight excluding hydrogens is 518 g/mol. The lowest BCUT2D eigenvalue weighted by atomic mass is 10.1. The van der Waals surface area contributed by atoms with Gasteiger partial charge in [-0.25, -0.2) is 9.97 Å². The summed E-state index contributed by atoms with van der Waals surface area (Å²) in [5.74, 6) is 1.57. The number of aromatic nitrogens is 2. The van der Waals surface area contributed by atoms with Gasteiger partial charge >= 0.3 is 0 Å². The van der Waals surface area contributed by atoms with Gasteiger partial charge in [0.05, 0.1) is 13.2 Å². The van der Waals surface area contributed by atoms with Crippen LogP contribution in [0.3, 0.4) is 0 Å². The highest BCUT2D eigenvalue weighted by atomic mass is 35.5. The predicted octanol–water partition coefficient (Wildman–Crippen LogP) is 4.73. The van der Waals surface area contributed by atoms with Crippen LogP contribution in [0, 0.1) is 0 Å². The zero-order chi connectivity index (χ0) is 26.2. The van der Waals surface area contributed by atoms with Crippen LogP contribution in [0.4, 0.5) is 5.82 Å². The van der Waals surface area contributed by atoms with Crippen molar-refractivity contribution in [2.45, 2.75) is 10.9 Å². The highest BCUT2D eigenvalue weighted by molar-refractivity contribution is 7.98. The topological polar surface area (TPSA) is 61.8 Å². The summed E-state index contributed by atoms with van der Waals surface area (Å²) in [6.07, 6.45) is 4.40. The first-order valence-electron chi connectivity index (χ1n) is 13.0. The van der Waals surface area contributed by atoms with Crippen molar-refractivity contribution in [1.29, 1.82) is 0 Å². The Bertz CT molecular complexity index is 1240. The first kappa shape index (κ1) is 26.7. The van der Waals surface area contributed by atoms with Crippen LogP contribution in [-0.4, -0.2) is 84.7 Å². The molecule has 0 saturated carbocycles. The Labute approximate surface area is 233 Å². The number of amides is 1. The number of benzene rings is 2. The number of nitrogens with zero attached hydrogens (tertiary/aromatic N) is 5. The molecule has 3 aromatic rings. The molecule has 9 heteroatoms. The van der Waals surface area contributed by atoms with Gasteiger partial charge < -0.3 is 14.5 Å². The van der Waals surface area contributed by atoms with Crippen LogP contribution in [0.15, 0.2) is 71.9 Å². The first-order chi connectivity index (χ1) is 18.6. The normalized spacial score (nSPS) is 16.8. The minimum absolute atomic E-state index is 0.0520. The third-order valence-corrected chi connectivity index (χ3v) is 7.78. The SMILES string of the molecule is O=C(c1cccc(CSc2nc(Cl)cc(N3CCN(CC=Cc4ccccc4)CC3)n2)c1)N1CCOCC1. The fourth-order valence-corrected chi connectivity index (χ4v) is 5.59. The Balaban J connectivity index is 1.15. The van der Waals surface area contributed by atoms with Gasteiger partial charge in [0.2, 0.25) is 0 Å². The van der Waals surface area contributed by atoms with E-state index in [0.29, 0.717) is 47.9 Å². The van der Waals surface area contributed by atoms with E-state index < -0.39 is 0 Å². The molecule has 0 unspecified atom stereocenters. The van der Waals surface area contributed by atoms with Crippen molar-refractivity contribution in [2.75, 3.05) is 63.9 Å². The highest BCUT2D eigenvalue weighted by Crippen LogP contribution is 2.26. The molecule has 1 amide bonds. The molecule has 0 radical (unpaired) electrons. The average Bonchev–Trinajstić information content (AvgIpc) is 2.97. The molecule has 38 heavy (non-hydrogen) atoms. The lowest BCUT2D eigenvalue weighted by molar-refractivity contribution is 0.0303. The maximum Gasteiger partial charge on any atom is 0.254 e. The van der Waals surface area contributed by atoms with Gasteiger partial charge in [0, 0.05) is 63.2 Å². The molecule has 2 saturated heterocycles. The molecule has 0 bridgehead atoms. The highest BCUT2D eigenvalue weighted by Gasteiger charge is 2.20. The Hall–Kier alpha value is -2.91. The van der Waals surface area contributed by atoms with Crippen LogP contribution in [0.1, 0.15) is 21.5 Å². The summed E-state index contributed by atoms with van der Waals surface area (Å²) in [5.41, 5.74) is 2.98. The standard InChI is InChI=1S/C29H32ClN5O2S/c30-26-21-27(34-14-12-33(13-15-34)11-5-9-23-6-2-1-3-7-23)32-29(31-26)38-22-24-8-4-10-25(20-24)28(36)35-16-18-37-19-17-35/h1-10,20-21H,11-19,22H2. The van der Waals surface area contributed by atoms with E-state index in [9.17, 15) is 4.79 Å². The number of hydrogen-bond donors (Lipinski definition) is 0. The summed E-state index contributed by atoms with van der Waals surface area (Å²) in [6, 6.07) is 20.0. The third-order valence-electron chi connectivity index (χ3n) is 6.67. The molecule has 0 aliphatic carbocycles. The van der Waals surface area contributed by atoms with E-state index in [4.69, 9.17) is 21.3 Å². The van der Waals surface area contributed by atoms with Gasteiger partial charge in [-0.15, -0.1) is 0 Å². The molecule has 0 atom stereocenters. The van der Waals surface area contributed by atoms with E-state index in [0.717, 1.165) is 44.1 Å². The van der Waals surface area contributed by atoms with E-state index in [-0.39, 0.29) is 5.91 Å². The summed E-state index contributed by atoms with van der Waals surface area (Å²) in [5, 5.41) is 1.09. The van der Waals surface area contributed by atoms with Gasteiger partial charge in [-0.3, -0.25) is 9.69 Å². The second-order valence-corrected chi connectivity index (χ2v) is 10.7. The van der Waals surface area contributed by atoms with Crippen molar-refractivity contribution in [1.82, 2.24) is 19.8 Å². The van der Waals surface area contributed by atoms with Crippen LogP contribution in [0.2, 0.25) is 5.15 Å². The number of carbonyl (C=O) groups is 1. The molecule has 7 nitrogen and oxygen atoms in total. The van der Waals surface area contributed by atoms with E-state index in [1.165, 1.54) is 17.3 Å². The average molecular weight is 550 g/mol. The molecule has 3 heterocycles. The molecule has 198 valence electrons. The Morgan fingerprint density at radius 1 is 0.947 bits per heavy atom. The lowest BCUT2D eigenvalue weighted by Gasteiger charge is -2.35. The van der Waals surface area contributed by atoms with E-state index in [1.807, 2.05) is 41.3 Å². The number of thioether (sulfide) groups is 1. The van der Waals surface area contributed by atoms with Crippen molar-refractivity contribution < 1.29 is 9.53 Å². The number of piperazine rings is 1. The minimum atomic E-state index is 0.0520. The van der Waals surface area contributed by atoms with Gasteiger partial charge in [0.25, 0.3) is 5.91 Å². The number of carbonyl (C=O) groups excluding carboxylic acids is 1. The van der Waals surface area contributed by atoms with Crippen molar-refractivity contribution >= 4 is 41.2 Å². The Kier molecular flexibility index (Phi) is 9.30. The van der Waals surface area contributed by atoms with Crippen molar-refractivity contribution in [3.8, 4) is 0 Å². The molecule has 2 aliphatic rings. The second kappa shape index (κ2) is 13.2. The number of rotatable bonds is 8. The van der Waals surface area contributed by atoms with Crippen LogP contribution < -0.4 is 4.90 Å². The van der Waals surface area contributed by atoms with Gasteiger partial charge in [0.1, 0.15) is 11.0 Å². The smallest absolute Gasteiger partial charge is 0.254 e. The van der Waals surface area contributed by atoms with E-state index in [1.54, 1.807) is 0 Å². The quantitative estimate of drug-likeness (QED) is 0.229. The molecule has 5 rings (SSSR count). The lowest BCUT2D eigenvalue weighted by Crippen LogP contribution is -2.46.